The van der Waals surface area contributed by atoms with Gasteiger partial charge in [-0.1, -0.05) is 19.3 Å². The summed E-state index contributed by atoms with van der Waals surface area (Å²) in [5, 5.41) is 7.33. The van der Waals surface area contributed by atoms with Crippen molar-refractivity contribution in [1.29, 1.82) is 0 Å². The summed E-state index contributed by atoms with van der Waals surface area (Å²) in [5.74, 6) is 2.41. The van der Waals surface area contributed by atoms with Crippen LogP contribution in [0.4, 0.5) is 5.69 Å². The summed E-state index contributed by atoms with van der Waals surface area (Å²) in [6, 6.07) is 0. The number of hydrogen-bond acceptors (Lipinski definition) is 3. The van der Waals surface area contributed by atoms with Gasteiger partial charge in [0.2, 0.25) is 0 Å². The van der Waals surface area contributed by atoms with E-state index in [0.717, 1.165) is 12.2 Å². The maximum Gasteiger partial charge on any atom is 0.284 e. The third-order valence-corrected chi connectivity index (χ3v) is 4.26. The minimum Gasteiger partial charge on any atom is -0.382 e. The maximum absolute atomic E-state index is 11.9. The van der Waals surface area contributed by atoms with Crippen LogP contribution in [0, 0.1) is 17.8 Å². The zero-order valence-electron chi connectivity index (χ0n) is 10.4. The molecule has 0 saturated heterocycles. The SMILES string of the molecule is C#CCn1ncc(NCC2(C)CCC2)c(Br)c1=O. The molecule has 1 aromatic heterocycles. The van der Waals surface area contributed by atoms with Crippen molar-refractivity contribution < 1.29 is 0 Å². The Bertz CT molecular complexity index is 540. The molecule has 1 aliphatic carbocycles. The van der Waals surface area contributed by atoms with Gasteiger partial charge in [0.25, 0.3) is 5.56 Å². The highest BCUT2D eigenvalue weighted by molar-refractivity contribution is 9.10. The van der Waals surface area contributed by atoms with Crippen LogP contribution >= 0.6 is 15.9 Å². The highest BCUT2D eigenvalue weighted by Crippen LogP contribution is 2.40. The molecular weight excluding hydrogens is 294 g/mol. The average molecular weight is 310 g/mol. The summed E-state index contributed by atoms with van der Waals surface area (Å²) >= 11 is 3.30. The van der Waals surface area contributed by atoms with E-state index >= 15 is 0 Å². The number of halogens is 1. The van der Waals surface area contributed by atoms with Crippen molar-refractivity contribution >= 4 is 21.6 Å². The van der Waals surface area contributed by atoms with Gasteiger partial charge in [-0.3, -0.25) is 4.79 Å². The Morgan fingerprint density at radius 3 is 2.94 bits per heavy atom. The molecule has 1 aromatic rings. The summed E-state index contributed by atoms with van der Waals surface area (Å²) in [4.78, 5) is 11.9. The van der Waals surface area contributed by atoms with Gasteiger partial charge < -0.3 is 5.32 Å². The molecule has 0 aromatic carbocycles. The molecule has 0 bridgehead atoms. The molecule has 1 N–H and O–H groups in total. The monoisotopic (exact) mass is 309 g/mol. The van der Waals surface area contributed by atoms with Crippen LogP contribution in [0.3, 0.4) is 0 Å². The lowest BCUT2D eigenvalue weighted by Gasteiger charge is -2.38. The van der Waals surface area contributed by atoms with Crippen molar-refractivity contribution in [3.63, 3.8) is 0 Å². The number of nitrogens with one attached hydrogen (secondary N) is 1. The molecule has 1 saturated carbocycles. The van der Waals surface area contributed by atoms with Crippen molar-refractivity contribution in [1.82, 2.24) is 9.78 Å². The second-order valence-corrected chi connectivity index (χ2v) is 5.85. The number of anilines is 1. The Hall–Kier alpha value is -1.28. The molecule has 5 heteroatoms. The molecule has 1 fully saturated rings. The highest BCUT2D eigenvalue weighted by Gasteiger charge is 2.31. The van der Waals surface area contributed by atoms with Crippen LogP contribution in [-0.4, -0.2) is 16.3 Å². The fourth-order valence-corrected chi connectivity index (χ4v) is 2.50. The van der Waals surface area contributed by atoms with E-state index in [1.807, 2.05) is 0 Å². The molecule has 1 heterocycles. The van der Waals surface area contributed by atoms with Crippen LogP contribution in [-0.2, 0) is 6.54 Å². The Balaban J connectivity index is 2.12. The molecule has 18 heavy (non-hydrogen) atoms. The fourth-order valence-electron chi connectivity index (χ4n) is 2.05. The second-order valence-electron chi connectivity index (χ2n) is 5.06. The van der Waals surface area contributed by atoms with Gasteiger partial charge in [-0.2, -0.15) is 5.10 Å². The molecule has 0 unspecified atom stereocenters. The molecule has 96 valence electrons. The van der Waals surface area contributed by atoms with Crippen LogP contribution in [0.5, 0.6) is 0 Å². The van der Waals surface area contributed by atoms with Crippen molar-refractivity contribution in [3.8, 4) is 12.3 Å². The summed E-state index contributed by atoms with van der Waals surface area (Å²) in [6.07, 6.45) is 10.6. The lowest BCUT2D eigenvalue weighted by atomic mass is 9.70. The van der Waals surface area contributed by atoms with Crippen molar-refractivity contribution in [2.45, 2.75) is 32.7 Å². The first-order chi connectivity index (χ1) is 8.56. The van der Waals surface area contributed by atoms with Gasteiger partial charge in [-0.15, -0.1) is 6.42 Å². The number of hydrogen-bond donors (Lipinski definition) is 1. The number of terminal acetylenes is 1. The first kappa shape index (κ1) is 13.2. The molecular formula is C13H16BrN3O. The van der Waals surface area contributed by atoms with E-state index in [-0.39, 0.29) is 12.1 Å². The summed E-state index contributed by atoms with van der Waals surface area (Å²) in [7, 11) is 0. The van der Waals surface area contributed by atoms with E-state index in [0.29, 0.717) is 9.89 Å². The Morgan fingerprint density at radius 2 is 2.39 bits per heavy atom. The molecule has 0 atom stereocenters. The van der Waals surface area contributed by atoms with E-state index in [1.54, 1.807) is 6.20 Å². The molecule has 0 amide bonds. The van der Waals surface area contributed by atoms with Crippen LogP contribution in [0.25, 0.3) is 0 Å². The number of aromatic nitrogens is 2. The summed E-state index contributed by atoms with van der Waals surface area (Å²) in [6.45, 7) is 3.31. The number of nitrogens with zero attached hydrogens (tertiary/aromatic N) is 2. The standard InChI is InChI=1S/C13H16BrN3O/c1-3-7-17-12(18)11(14)10(8-16-17)15-9-13(2)5-4-6-13/h1,8,15H,4-7,9H2,2H3. The van der Waals surface area contributed by atoms with Crippen LogP contribution < -0.4 is 10.9 Å². The predicted molar refractivity (Wildman–Crippen MR) is 75.5 cm³/mol. The van der Waals surface area contributed by atoms with E-state index in [1.165, 1.54) is 23.9 Å². The van der Waals surface area contributed by atoms with Gasteiger partial charge in [0.15, 0.2) is 0 Å². The minimum atomic E-state index is -0.197. The smallest absolute Gasteiger partial charge is 0.284 e. The molecule has 1 aliphatic rings. The molecule has 4 nitrogen and oxygen atoms in total. The van der Waals surface area contributed by atoms with Crippen LogP contribution in [0.1, 0.15) is 26.2 Å². The average Bonchev–Trinajstić information content (AvgIpc) is 2.32. The van der Waals surface area contributed by atoms with Gasteiger partial charge in [0, 0.05) is 6.54 Å². The first-order valence-electron chi connectivity index (χ1n) is 5.99. The topological polar surface area (TPSA) is 46.9 Å². The van der Waals surface area contributed by atoms with E-state index in [2.05, 4.69) is 39.2 Å². The number of rotatable bonds is 4. The third-order valence-electron chi connectivity index (χ3n) is 3.49. The lowest BCUT2D eigenvalue weighted by Crippen LogP contribution is -2.34. The third kappa shape index (κ3) is 2.59. The van der Waals surface area contributed by atoms with Crippen molar-refractivity contribution in [2.24, 2.45) is 5.41 Å². The zero-order chi connectivity index (χ0) is 13.2. The molecule has 0 radical (unpaired) electrons. The normalized spacial score (nSPS) is 16.7. The van der Waals surface area contributed by atoms with Crippen LogP contribution in [0.2, 0.25) is 0 Å². The first-order valence-corrected chi connectivity index (χ1v) is 6.78. The van der Waals surface area contributed by atoms with Crippen molar-refractivity contribution in [3.05, 3.63) is 21.0 Å². The van der Waals surface area contributed by atoms with Gasteiger partial charge in [0.1, 0.15) is 11.0 Å². The highest BCUT2D eigenvalue weighted by atomic mass is 79.9. The quantitative estimate of drug-likeness (QED) is 0.868. The van der Waals surface area contributed by atoms with Gasteiger partial charge in [-0.25, -0.2) is 4.68 Å². The Labute approximate surface area is 115 Å². The van der Waals surface area contributed by atoms with E-state index < -0.39 is 0 Å². The molecule has 0 spiro atoms. The van der Waals surface area contributed by atoms with Crippen molar-refractivity contribution in [2.75, 3.05) is 11.9 Å². The summed E-state index contributed by atoms with van der Waals surface area (Å²) in [5.41, 5.74) is 0.894. The van der Waals surface area contributed by atoms with Gasteiger partial charge in [0.05, 0.1) is 11.9 Å². The van der Waals surface area contributed by atoms with Gasteiger partial charge in [-0.05, 0) is 34.2 Å². The van der Waals surface area contributed by atoms with E-state index in [4.69, 9.17) is 6.42 Å². The molecule has 2 rings (SSSR count). The zero-order valence-corrected chi connectivity index (χ0v) is 12.0. The van der Waals surface area contributed by atoms with Crippen LogP contribution in [0.15, 0.2) is 15.5 Å². The maximum atomic E-state index is 11.9. The predicted octanol–water partition coefficient (Wildman–Crippen LogP) is 2.24. The minimum absolute atomic E-state index is 0.190. The summed E-state index contributed by atoms with van der Waals surface area (Å²) < 4.78 is 1.76. The largest absolute Gasteiger partial charge is 0.382 e. The fraction of sp³-hybridized carbons (Fsp3) is 0.538. The Kier molecular flexibility index (Phi) is 3.76. The van der Waals surface area contributed by atoms with Gasteiger partial charge >= 0.3 is 0 Å². The molecule has 0 aliphatic heterocycles. The lowest BCUT2D eigenvalue weighted by molar-refractivity contribution is 0.180. The Morgan fingerprint density at radius 1 is 1.67 bits per heavy atom. The second kappa shape index (κ2) is 5.15. The van der Waals surface area contributed by atoms with E-state index in [9.17, 15) is 4.79 Å².